The van der Waals surface area contributed by atoms with E-state index in [1.807, 2.05) is 19.1 Å². The number of aromatic nitrogens is 5. The van der Waals surface area contributed by atoms with Crippen molar-refractivity contribution in [1.82, 2.24) is 25.0 Å². The monoisotopic (exact) mass is 460 g/mol. The van der Waals surface area contributed by atoms with Crippen LogP contribution in [0.2, 0.25) is 5.02 Å². The van der Waals surface area contributed by atoms with Gasteiger partial charge in [-0.05, 0) is 50.2 Å². The van der Waals surface area contributed by atoms with Crippen LogP contribution in [0, 0.1) is 13.8 Å². The van der Waals surface area contributed by atoms with Crippen LogP contribution < -0.4 is 5.32 Å². The van der Waals surface area contributed by atoms with E-state index in [1.54, 1.807) is 11.6 Å². The van der Waals surface area contributed by atoms with E-state index in [4.69, 9.17) is 11.6 Å². The average Bonchev–Trinajstić information content (AvgIpc) is 3.05. The summed E-state index contributed by atoms with van der Waals surface area (Å²) in [4.78, 5) is 17.0. The lowest BCUT2D eigenvalue weighted by atomic mass is 10.1. The molecule has 0 aliphatic carbocycles. The fourth-order valence-electron chi connectivity index (χ4n) is 3.15. The molecule has 0 atom stereocenters. The number of carbonyl (C=O) groups is 1. The first kappa shape index (κ1) is 21.7. The molecule has 164 valence electrons. The zero-order valence-corrected chi connectivity index (χ0v) is 17.7. The lowest BCUT2D eigenvalue weighted by Gasteiger charge is -2.10. The van der Waals surface area contributed by atoms with Crippen LogP contribution in [0.1, 0.15) is 33.0 Å². The van der Waals surface area contributed by atoms with Crippen molar-refractivity contribution < 1.29 is 18.0 Å². The molecule has 0 fully saturated rings. The quantitative estimate of drug-likeness (QED) is 0.472. The van der Waals surface area contributed by atoms with E-state index < -0.39 is 17.6 Å². The third kappa shape index (κ3) is 4.26. The summed E-state index contributed by atoms with van der Waals surface area (Å²) in [6.45, 7) is 3.89. The predicted octanol–water partition coefficient (Wildman–Crippen LogP) is 4.81. The number of halogens is 4. The molecule has 3 aromatic heterocycles. The average molecular weight is 461 g/mol. The Hall–Kier alpha value is -3.53. The number of hydrogen-bond acceptors (Lipinski definition) is 5. The predicted molar refractivity (Wildman–Crippen MR) is 113 cm³/mol. The molecule has 32 heavy (non-hydrogen) atoms. The molecule has 0 bridgehead atoms. The highest BCUT2D eigenvalue weighted by Gasteiger charge is 2.30. The Balaban J connectivity index is 1.61. The Kier molecular flexibility index (Phi) is 5.55. The van der Waals surface area contributed by atoms with Crippen LogP contribution in [-0.2, 0) is 12.7 Å². The van der Waals surface area contributed by atoms with Crippen molar-refractivity contribution in [3.05, 3.63) is 75.8 Å². The number of rotatable bonds is 4. The van der Waals surface area contributed by atoms with Crippen molar-refractivity contribution in [3.63, 3.8) is 0 Å². The van der Waals surface area contributed by atoms with Crippen LogP contribution in [0.25, 0.3) is 11.0 Å². The topological polar surface area (TPSA) is 85.6 Å². The van der Waals surface area contributed by atoms with Crippen molar-refractivity contribution in [2.24, 2.45) is 0 Å². The van der Waals surface area contributed by atoms with Crippen molar-refractivity contribution in [2.75, 3.05) is 5.32 Å². The summed E-state index contributed by atoms with van der Waals surface area (Å²) in [5.41, 5.74) is 1.99. The molecule has 0 saturated carbocycles. The van der Waals surface area contributed by atoms with Gasteiger partial charge in [0, 0.05) is 11.9 Å². The van der Waals surface area contributed by atoms with E-state index in [-0.39, 0.29) is 16.3 Å². The molecule has 1 N–H and O–H groups in total. The third-order valence-electron chi connectivity index (χ3n) is 4.75. The van der Waals surface area contributed by atoms with Gasteiger partial charge >= 0.3 is 6.18 Å². The zero-order valence-electron chi connectivity index (χ0n) is 16.9. The largest absolute Gasteiger partial charge is 0.416 e. The van der Waals surface area contributed by atoms with Crippen molar-refractivity contribution >= 4 is 34.2 Å². The lowest BCUT2D eigenvalue weighted by molar-refractivity contribution is -0.137. The standard InChI is InChI=1S/C21H16ClF3N6O/c1-11-3-6-15(29-28-11)10-31-19-17(12(2)30-31)18(22)16(9-26-19)20(32)27-14-7-4-13(5-8-14)21(23,24)25/h3-9H,10H2,1-2H3,(H,27,32). The molecular weight excluding hydrogens is 445 g/mol. The highest BCUT2D eigenvalue weighted by molar-refractivity contribution is 6.39. The van der Waals surface area contributed by atoms with E-state index in [1.165, 1.54) is 18.3 Å². The molecular formula is C21H16ClF3N6O. The number of benzene rings is 1. The van der Waals surface area contributed by atoms with E-state index >= 15 is 0 Å². The molecule has 1 aromatic carbocycles. The molecule has 11 heteroatoms. The molecule has 7 nitrogen and oxygen atoms in total. The smallest absolute Gasteiger partial charge is 0.322 e. The van der Waals surface area contributed by atoms with Crippen LogP contribution in [-0.4, -0.2) is 30.9 Å². The van der Waals surface area contributed by atoms with Gasteiger partial charge in [0.05, 0.1) is 45.2 Å². The van der Waals surface area contributed by atoms with E-state index in [9.17, 15) is 18.0 Å². The van der Waals surface area contributed by atoms with Crippen LogP contribution in [0.5, 0.6) is 0 Å². The van der Waals surface area contributed by atoms with Gasteiger partial charge in [0.15, 0.2) is 5.65 Å². The van der Waals surface area contributed by atoms with Gasteiger partial charge in [-0.25, -0.2) is 9.67 Å². The third-order valence-corrected chi connectivity index (χ3v) is 5.14. The van der Waals surface area contributed by atoms with Crippen LogP contribution in [0.15, 0.2) is 42.6 Å². The Morgan fingerprint density at radius 3 is 2.44 bits per heavy atom. The molecule has 1 amide bonds. The summed E-state index contributed by atoms with van der Waals surface area (Å²) in [5.74, 6) is -0.597. The Morgan fingerprint density at radius 2 is 1.81 bits per heavy atom. The highest BCUT2D eigenvalue weighted by atomic mass is 35.5. The number of fused-ring (bicyclic) bond motifs is 1. The van der Waals surface area contributed by atoms with Crippen LogP contribution >= 0.6 is 11.6 Å². The number of pyridine rings is 1. The summed E-state index contributed by atoms with van der Waals surface area (Å²) in [6.07, 6.45) is -3.15. The minimum absolute atomic E-state index is 0.0804. The maximum absolute atomic E-state index is 12.7. The van der Waals surface area contributed by atoms with Gasteiger partial charge in [-0.2, -0.15) is 28.5 Å². The first-order chi connectivity index (χ1) is 15.1. The fraction of sp³-hybridized carbons (Fsp3) is 0.190. The van der Waals surface area contributed by atoms with Crippen LogP contribution in [0.4, 0.5) is 18.9 Å². The number of alkyl halides is 3. The summed E-state index contributed by atoms with van der Waals surface area (Å²) in [7, 11) is 0. The Morgan fingerprint density at radius 1 is 1.09 bits per heavy atom. The molecule has 0 radical (unpaired) electrons. The number of anilines is 1. The maximum Gasteiger partial charge on any atom is 0.416 e. The van der Waals surface area contributed by atoms with Gasteiger partial charge < -0.3 is 5.32 Å². The molecule has 4 aromatic rings. The van der Waals surface area contributed by atoms with E-state index in [0.29, 0.717) is 29.0 Å². The first-order valence-electron chi connectivity index (χ1n) is 9.43. The van der Waals surface area contributed by atoms with E-state index in [0.717, 1.165) is 17.8 Å². The molecule has 0 saturated heterocycles. The van der Waals surface area contributed by atoms with Gasteiger partial charge in [-0.15, -0.1) is 0 Å². The van der Waals surface area contributed by atoms with E-state index in [2.05, 4.69) is 25.6 Å². The highest BCUT2D eigenvalue weighted by Crippen LogP contribution is 2.31. The van der Waals surface area contributed by atoms with Crippen molar-refractivity contribution in [2.45, 2.75) is 26.6 Å². The van der Waals surface area contributed by atoms with Crippen LogP contribution in [0.3, 0.4) is 0 Å². The first-order valence-corrected chi connectivity index (χ1v) is 9.80. The lowest BCUT2D eigenvalue weighted by Crippen LogP contribution is -2.14. The Labute approximate surface area is 185 Å². The minimum atomic E-state index is -4.46. The number of nitrogens with one attached hydrogen (secondary N) is 1. The molecule has 0 unspecified atom stereocenters. The van der Waals surface area contributed by atoms with Gasteiger partial charge in [0.1, 0.15) is 0 Å². The van der Waals surface area contributed by atoms with Crippen molar-refractivity contribution in [3.8, 4) is 0 Å². The number of aryl methyl sites for hydroxylation is 2. The van der Waals surface area contributed by atoms with Crippen molar-refractivity contribution in [1.29, 1.82) is 0 Å². The van der Waals surface area contributed by atoms with Gasteiger partial charge in [-0.3, -0.25) is 4.79 Å². The second-order valence-electron chi connectivity index (χ2n) is 7.12. The number of amides is 1. The number of nitrogens with zero attached hydrogens (tertiary/aromatic N) is 5. The number of carbonyl (C=O) groups excluding carboxylic acids is 1. The molecule has 0 aliphatic heterocycles. The van der Waals surface area contributed by atoms with Gasteiger partial charge in [0.2, 0.25) is 0 Å². The zero-order chi connectivity index (χ0) is 23.0. The van der Waals surface area contributed by atoms with Gasteiger partial charge in [0.25, 0.3) is 5.91 Å². The second-order valence-corrected chi connectivity index (χ2v) is 7.50. The molecule has 4 rings (SSSR count). The summed E-state index contributed by atoms with van der Waals surface area (Å²) < 4.78 is 39.8. The molecule has 0 spiro atoms. The molecule has 3 heterocycles. The van der Waals surface area contributed by atoms with Gasteiger partial charge in [-0.1, -0.05) is 11.6 Å². The SMILES string of the molecule is Cc1ccc(Cn2nc(C)c3c(Cl)c(C(=O)Nc4ccc(C(F)(F)F)cc4)cnc32)nn1. The normalized spacial score (nSPS) is 11.7. The number of hydrogen-bond donors (Lipinski definition) is 1. The Bertz CT molecular complexity index is 1300. The summed E-state index contributed by atoms with van der Waals surface area (Å²) in [6, 6.07) is 7.80. The molecule has 0 aliphatic rings. The minimum Gasteiger partial charge on any atom is -0.322 e. The maximum atomic E-state index is 12.7. The fourth-order valence-corrected chi connectivity index (χ4v) is 3.50. The summed E-state index contributed by atoms with van der Waals surface area (Å²) in [5, 5.41) is 15.8. The second kappa shape index (κ2) is 8.19. The summed E-state index contributed by atoms with van der Waals surface area (Å²) >= 11 is 6.50.